The van der Waals surface area contributed by atoms with Gasteiger partial charge in [-0.05, 0) is 48.9 Å². The number of hydrogen-bond donors (Lipinski definition) is 0. The molecular formula is C28H30FN3O3S. The minimum Gasteiger partial charge on any atom is -0.339 e. The van der Waals surface area contributed by atoms with Gasteiger partial charge in [0.05, 0.1) is 10.6 Å². The predicted molar refractivity (Wildman–Crippen MR) is 141 cm³/mol. The minimum atomic E-state index is -4.07. The van der Waals surface area contributed by atoms with Crippen molar-refractivity contribution >= 4 is 27.7 Å². The molecule has 8 heteroatoms. The second-order valence-corrected chi connectivity index (χ2v) is 10.7. The Bertz CT molecular complexity index is 1290. The maximum absolute atomic E-state index is 13.5. The highest BCUT2D eigenvalue weighted by Crippen LogP contribution is 2.24. The number of carbonyl (C=O) groups is 1. The Morgan fingerprint density at radius 1 is 0.917 bits per heavy atom. The number of hydrogen-bond acceptors (Lipinski definition) is 4. The van der Waals surface area contributed by atoms with Crippen LogP contribution in [0.5, 0.6) is 0 Å². The summed E-state index contributed by atoms with van der Waals surface area (Å²) in [6.07, 6.45) is 4.19. The van der Waals surface area contributed by atoms with Gasteiger partial charge in [0.2, 0.25) is 5.91 Å². The lowest BCUT2D eigenvalue weighted by atomic mass is 10.2. The fourth-order valence-corrected chi connectivity index (χ4v) is 5.48. The quantitative estimate of drug-likeness (QED) is 0.459. The number of sulfonamides is 1. The van der Waals surface area contributed by atoms with Crippen LogP contribution in [0.25, 0.3) is 6.08 Å². The molecule has 4 rings (SSSR count). The zero-order valence-electron chi connectivity index (χ0n) is 20.3. The number of benzene rings is 3. The number of halogens is 1. The average molecular weight is 508 g/mol. The highest BCUT2D eigenvalue weighted by molar-refractivity contribution is 7.92. The number of carbonyl (C=O) groups excluding carboxylic acids is 1. The molecule has 3 aromatic carbocycles. The molecule has 0 spiro atoms. The van der Waals surface area contributed by atoms with Gasteiger partial charge in [0.1, 0.15) is 12.4 Å². The third-order valence-electron chi connectivity index (χ3n) is 6.20. The van der Waals surface area contributed by atoms with Crippen molar-refractivity contribution in [3.8, 4) is 0 Å². The summed E-state index contributed by atoms with van der Waals surface area (Å²) < 4.78 is 41.4. The first-order valence-electron chi connectivity index (χ1n) is 11.9. The number of rotatable bonds is 8. The van der Waals surface area contributed by atoms with E-state index < -0.39 is 15.8 Å². The molecule has 1 amide bonds. The minimum absolute atomic E-state index is 0.0627. The molecule has 0 N–H and O–H groups in total. The fourth-order valence-electron chi connectivity index (χ4n) is 4.06. The van der Waals surface area contributed by atoms with Crippen molar-refractivity contribution in [1.82, 2.24) is 9.80 Å². The molecule has 36 heavy (non-hydrogen) atoms. The van der Waals surface area contributed by atoms with Gasteiger partial charge in [-0.3, -0.25) is 14.0 Å². The van der Waals surface area contributed by atoms with Gasteiger partial charge in [-0.25, -0.2) is 12.8 Å². The monoisotopic (exact) mass is 507 g/mol. The molecule has 1 heterocycles. The van der Waals surface area contributed by atoms with Crippen LogP contribution in [0, 0.1) is 12.7 Å². The molecule has 0 unspecified atom stereocenters. The smallest absolute Gasteiger partial charge is 0.264 e. The molecule has 6 nitrogen and oxygen atoms in total. The van der Waals surface area contributed by atoms with Crippen LogP contribution in [-0.4, -0.2) is 63.4 Å². The molecule has 3 aromatic rings. The lowest BCUT2D eigenvalue weighted by Crippen LogP contribution is -2.51. The molecule has 1 aliphatic heterocycles. The largest absolute Gasteiger partial charge is 0.339 e. The van der Waals surface area contributed by atoms with E-state index in [4.69, 9.17) is 0 Å². The molecule has 0 bridgehead atoms. The summed E-state index contributed by atoms with van der Waals surface area (Å²) in [6, 6.07) is 21.7. The van der Waals surface area contributed by atoms with E-state index in [2.05, 4.69) is 17.1 Å². The summed E-state index contributed by atoms with van der Waals surface area (Å²) in [5.41, 5.74) is 2.51. The summed E-state index contributed by atoms with van der Waals surface area (Å²) >= 11 is 0. The lowest BCUT2D eigenvalue weighted by Gasteiger charge is -2.35. The molecule has 1 aliphatic rings. The van der Waals surface area contributed by atoms with Crippen LogP contribution < -0.4 is 4.31 Å². The van der Waals surface area contributed by atoms with E-state index in [1.807, 2.05) is 37.3 Å². The first-order valence-corrected chi connectivity index (χ1v) is 13.3. The van der Waals surface area contributed by atoms with E-state index in [1.165, 1.54) is 12.1 Å². The second kappa shape index (κ2) is 11.5. The second-order valence-electron chi connectivity index (χ2n) is 8.80. The number of piperazine rings is 1. The number of amides is 1. The predicted octanol–water partition coefficient (Wildman–Crippen LogP) is 4.19. The third kappa shape index (κ3) is 6.38. The first kappa shape index (κ1) is 25.6. The van der Waals surface area contributed by atoms with Gasteiger partial charge in [-0.2, -0.15) is 0 Å². The Hall–Kier alpha value is -3.49. The summed E-state index contributed by atoms with van der Waals surface area (Å²) in [4.78, 5) is 17.1. The van der Waals surface area contributed by atoms with Crippen LogP contribution in [0.4, 0.5) is 10.1 Å². The van der Waals surface area contributed by atoms with Gasteiger partial charge < -0.3 is 4.90 Å². The van der Waals surface area contributed by atoms with Gasteiger partial charge in [0.15, 0.2) is 0 Å². The molecule has 0 aromatic heterocycles. The Morgan fingerprint density at radius 3 is 2.19 bits per heavy atom. The highest BCUT2D eigenvalue weighted by atomic mass is 32.2. The molecule has 188 valence electrons. The topological polar surface area (TPSA) is 60.9 Å². The molecule has 0 saturated carbocycles. The van der Waals surface area contributed by atoms with E-state index in [0.717, 1.165) is 34.1 Å². The van der Waals surface area contributed by atoms with Crippen LogP contribution >= 0.6 is 0 Å². The summed E-state index contributed by atoms with van der Waals surface area (Å²) in [5, 5.41) is 0. The standard InChI is InChI=1S/C28H30FN3O3S/c1-23-9-13-26(14-10-23)32(36(34,35)27-15-11-25(29)12-16-27)22-28(33)31-20-18-30(19-21-31)17-5-8-24-6-3-2-4-7-24/h2-16H,17-22H2,1H3/b8-5+. The normalized spacial score (nSPS) is 14.8. The zero-order chi connectivity index (χ0) is 25.5. The fraction of sp³-hybridized carbons (Fsp3) is 0.250. The maximum Gasteiger partial charge on any atom is 0.264 e. The third-order valence-corrected chi connectivity index (χ3v) is 7.99. The van der Waals surface area contributed by atoms with E-state index in [9.17, 15) is 17.6 Å². The van der Waals surface area contributed by atoms with Crippen molar-refractivity contribution < 1.29 is 17.6 Å². The van der Waals surface area contributed by atoms with Crippen molar-refractivity contribution in [2.45, 2.75) is 11.8 Å². The Labute approximate surface area is 212 Å². The van der Waals surface area contributed by atoms with E-state index in [-0.39, 0.29) is 17.3 Å². The Kier molecular flexibility index (Phi) is 8.18. The highest BCUT2D eigenvalue weighted by Gasteiger charge is 2.30. The molecule has 0 radical (unpaired) electrons. The van der Waals surface area contributed by atoms with Crippen molar-refractivity contribution in [2.24, 2.45) is 0 Å². The molecule has 0 atom stereocenters. The van der Waals surface area contributed by atoms with Gasteiger partial charge in [0.25, 0.3) is 10.0 Å². The average Bonchev–Trinajstić information content (AvgIpc) is 2.89. The van der Waals surface area contributed by atoms with Crippen molar-refractivity contribution in [1.29, 1.82) is 0 Å². The van der Waals surface area contributed by atoms with Crippen LogP contribution in [0.3, 0.4) is 0 Å². The Balaban J connectivity index is 1.42. The van der Waals surface area contributed by atoms with E-state index in [0.29, 0.717) is 31.9 Å². The summed E-state index contributed by atoms with van der Waals surface area (Å²) in [5.74, 6) is -0.788. The van der Waals surface area contributed by atoms with Gasteiger partial charge in [-0.1, -0.05) is 60.2 Å². The summed E-state index contributed by atoms with van der Waals surface area (Å²) in [6.45, 7) is 4.83. The Morgan fingerprint density at radius 2 is 1.56 bits per heavy atom. The number of anilines is 1. The molecular weight excluding hydrogens is 477 g/mol. The van der Waals surface area contributed by atoms with Crippen LogP contribution in [0.2, 0.25) is 0 Å². The number of nitrogens with zero attached hydrogens (tertiary/aromatic N) is 3. The summed E-state index contributed by atoms with van der Waals surface area (Å²) in [7, 11) is -4.07. The number of aryl methyl sites for hydroxylation is 1. The van der Waals surface area contributed by atoms with Gasteiger partial charge in [-0.15, -0.1) is 0 Å². The van der Waals surface area contributed by atoms with Gasteiger partial charge in [0, 0.05) is 32.7 Å². The van der Waals surface area contributed by atoms with E-state index >= 15 is 0 Å². The van der Waals surface area contributed by atoms with Crippen LogP contribution in [0.1, 0.15) is 11.1 Å². The zero-order valence-corrected chi connectivity index (χ0v) is 21.1. The van der Waals surface area contributed by atoms with Crippen molar-refractivity contribution in [2.75, 3.05) is 43.6 Å². The molecule has 1 saturated heterocycles. The van der Waals surface area contributed by atoms with Gasteiger partial charge >= 0.3 is 0 Å². The van der Waals surface area contributed by atoms with Crippen LogP contribution in [0.15, 0.2) is 89.8 Å². The van der Waals surface area contributed by atoms with E-state index in [1.54, 1.807) is 29.2 Å². The van der Waals surface area contributed by atoms with Crippen molar-refractivity contribution in [3.05, 3.63) is 102 Å². The SMILES string of the molecule is Cc1ccc(N(CC(=O)N2CCN(C/C=C/c3ccccc3)CC2)S(=O)(=O)c2ccc(F)cc2)cc1. The lowest BCUT2D eigenvalue weighted by molar-refractivity contribution is -0.131. The molecule has 0 aliphatic carbocycles. The molecule has 1 fully saturated rings. The van der Waals surface area contributed by atoms with Crippen molar-refractivity contribution in [3.63, 3.8) is 0 Å². The first-order chi connectivity index (χ1) is 17.3. The van der Waals surface area contributed by atoms with Crippen LogP contribution in [-0.2, 0) is 14.8 Å². The maximum atomic E-state index is 13.5.